The number of hydrogen-bond acceptors (Lipinski definition) is 3. The van der Waals surface area contributed by atoms with Gasteiger partial charge in [-0.1, -0.05) is 23.7 Å². The van der Waals surface area contributed by atoms with Crippen LogP contribution in [0.4, 0.5) is 0 Å². The summed E-state index contributed by atoms with van der Waals surface area (Å²) in [6, 6.07) is 6.66. The van der Waals surface area contributed by atoms with E-state index in [1.54, 1.807) is 19.1 Å². The fourth-order valence-electron chi connectivity index (χ4n) is 1.25. The molecular formula is C11H14ClNO2. The fourth-order valence-corrected chi connectivity index (χ4v) is 1.46. The maximum Gasteiger partial charge on any atom is 0.323 e. The predicted octanol–water partition coefficient (Wildman–Crippen LogP) is 1.77. The van der Waals surface area contributed by atoms with E-state index in [0.717, 1.165) is 5.56 Å². The average molecular weight is 228 g/mol. The molecule has 0 unspecified atom stereocenters. The Morgan fingerprint density at radius 3 is 2.93 bits per heavy atom. The molecule has 0 saturated heterocycles. The third-order valence-electron chi connectivity index (χ3n) is 1.93. The van der Waals surface area contributed by atoms with Crippen LogP contribution in [0.3, 0.4) is 0 Å². The predicted molar refractivity (Wildman–Crippen MR) is 59.8 cm³/mol. The summed E-state index contributed by atoms with van der Waals surface area (Å²) in [4.78, 5) is 11.3. The summed E-state index contributed by atoms with van der Waals surface area (Å²) in [6.07, 6.45) is 0.444. The number of carbonyl (C=O) groups excluding carboxylic acids is 1. The van der Waals surface area contributed by atoms with Crippen LogP contribution < -0.4 is 5.73 Å². The van der Waals surface area contributed by atoms with E-state index in [1.165, 1.54) is 0 Å². The maximum absolute atomic E-state index is 11.3. The summed E-state index contributed by atoms with van der Waals surface area (Å²) >= 11 is 5.81. The van der Waals surface area contributed by atoms with Crippen molar-refractivity contribution in [3.8, 4) is 0 Å². The van der Waals surface area contributed by atoms with Crippen molar-refractivity contribution in [2.45, 2.75) is 19.4 Å². The normalized spacial score (nSPS) is 12.2. The van der Waals surface area contributed by atoms with E-state index in [2.05, 4.69) is 0 Å². The van der Waals surface area contributed by atoms with Crippen LogP contribution in [0.25, 0.3) is 0 Å². The van der Waals surface area contributed by atoms with E-state index >= 15 is 0 Å². The highest BCUT2D eigenvalue weighted by molar-refractivity contribution is 6.30. The van der Waals surface area contributed by atoms with Gasteiger partial charge in [-0.05, 0) is 31.0 Å². The summed E-state index contributed by atoms with van der Waals surface area (Å²) < 4.78 is 4.81. The van der Waals surface area contributed by atoms with Crippen LogP contribution in [-0.2, 0) is 16.0 Å². The molecule has 0 radical (unpaired) electrons. The second-order valence-electron chi connectivity index (χ2n) is 3.19. The molecule has 0 aliphatic rings. The van der Waals surface area contributed by atoms with Crippen LogP contribution >= 0.6 is 11.6 Å². The first-order valence-corrected chi connectivity index (χ1v) is 5.18. The van der Waals surface area contributed by atoms with Gasteiger partial charge in [-0.15, -0.1) is 0 Å². The van der Waals surface area contributed by atoms with Crippen molar-refractivity contribution in [1.82, 2.24) is 0 Å². The molecule has 15 heavy (non-hydrogen) atoms. The van der Waals surface area contributed by atoms with Gasteiger partial charge in [0.2, 0.25) is 0 Å². The minimum Gasteiger partial charge on any atom is -0.465 e. The average Bonchev–Trinajstić information content (AvgIpc) is 2.18. The van der Waals surface area contributed by atoms with E-state index in [1.807, 2.05) is 12.1 Å². The van der Waals surface area contributed by atoms with Gasteiger partial charge in [0.05, 0.1) is 6.61 Å². The smallest absolute Gasteiger partial charge is 0.323 e. The van der Waals surface area contributed by atoms with Crippen LogP contribution in [-0.4, -0.2) is 18.6 Å². The molecule has 1 aromatic rings. The van der Waals surface area contributed by atoms with Crippen LogP contribution in [0.1, 0.15) is 12.5 Å². The summed E-state index contributed by atoms with van der Waals surface area (Å²) in [5.41, 5.74) is 6.60. The zero-order valence-electron chi connectivity index (χ0n) is 8.57. The highest BCUT2D eigenvalue weighted by Gasteiger charge is 2.14. The molecule has 2 N–H and O–H groups in total. The zero-order chi connectivity index (χ0) is 11.3. The molecule has 4 heteroatoms. The summed E-state index contributed by atoms with van der Waals surface area (Å²) in [7, 11) is 0. The molecule has 0 aliphatic heterocycles. The Balaban J connectivity index is 2.58. The van der Waals surface area contributed by atoms with Crippen molar-refractivity contribution < 1.29 is 9.53 Å². The first kappa shape index (κ1) is 12.0. The first-order valence-electron chi connectivity index (χ1n) is 4.80. The Hall–Kier alpha value is -1.06. The molecule has 0 spiro atoms. The molecule has 1 aromatic carbocycles. The second-order valence-corrected chi connectivity index (χ2v) is 3.63. The Morgan fingerprint density at radius 1 is 1.60 bits per heavy atom. The van der Waals surface area contributed by atoms with Crippen molar-refractivity contribution in [2.24, 2.45) is 5.73 Å². The molecule has 3 nitrogen and oxygen atoms in total. The van der Waals surface area contributed by atoms with Crippen molar-refractivity contribution in [3.63, 3.8) is 0 Å². The van der Waals surface area contributed by atoms with Gasteiger partial charge in [0.15, 0.2) is 0 Å². The van der Waals surface area contributed by atoms with Gasteiger partial charge in [0, 0.05) is 5.02 Å². The molecule has 0 aromatic heterocycles. The van der Waals surface area contributed by atoms with E-state index in [4.69, 9.17) is 22.1 Å². The first-order chi connectivity index (χ1) is 7.13. The van der Waals surface area contributed by atoms with Gasteiger partial charge in [-0.25, -0.2) is 0 Å². The van der Waals surface area contributed by atoms with Gasteiger partial charge < -0.3 is 10.5 Å². The lowest BCUT2D eigenvalue weighted by Crippen LogP contribution is -2.34. The highest BCUT2D eigenvalue weighted by Crippen LogP contribution is 2.12. The minimum atomic E-state index is -0.622. The van der Waals surface area contributed by atoms with Gasteiger partial charge in [0.25, 0.3) is 0 Å². The molecular weight excluding hydrogens is 214 g/mol. The SMILES string of the molecule is CCOC(=O)[C@@H](N)Cc1cccc(Cl)c1. The van der Waals surface area contributed by atoms with Gasteiger partial charge in [-0.3, -0.25) is 4.79 Å². The molecule has 1 atom stereocenters. The molecule has 0 heterocycles. The van der Waals surface area contributed by atoms with E-state index < -0.39 is 6.04 Å². The summed E-state index contributed by atoms with van der Waals surface area (Å²) in [5, 5.41) is 0.642. The van der Waals surface area contributed by atoms with Gasteiger partial charge >= 0.3 is 5.97 Å². The maximum atomic E-state index is 11.3. The lowest BCUT2D eigenvalue weighted by Gasteiger charge is -2.10. The van der Waals surface area contributed by atoms with Crippen molar-refractivity contribution in [1.29, 1.82) is 0 Å². The quantitative estimate of drug-likeness (QED) is 0.798. The lowest BCUT2D eigenvalue weighted by molar-refractivity contribution is -0.144. The van der Waals surface area contributed by atoms with E-state index in [-0.39, 0.29) is 5.97 Å². The zero-order valence-corrected chi connectivity index (χ0v) is 9.33. The monoisotopic (exact) mass is 227 g/mol. The number of nitrogens with two attached hydrogens (primary N) is 1. The number of benzene rings is 1. The van der Waals surface area contributed by atoms with Crippen LogP contribution in [0, 0.1) is 0 Å². The Kier molecular flexibility index (Phi) is 4.59. The number of halogens is 1. The number of hydrogen-bond donors (Lipinski definition) is 1. The van der Waals surface area contributed by atoms with Crippen molar-refractivity contribution in [2.75, 3.05) is 6.61 Å². The van der Waals surface area contributed by atoms with Crippen LogP contribution in [0.2, 0.25) is 5.02 Å². The molecule has 0 saturated carbocycles. The third-order valence-corrected chi connectivity index (χ3v) is 2.17. The largest absolute Gasteiger partial charge is 0.465 e. The Bertz CT molecular complexity index is 341. The molecule has 82 valence electrons. The standard InChI is InChI=1S/C11H14ClNO2/c1-2-15-11(14)10(13)7-8-4-3-5-9(12)6-8/h3-6,10H,2,7,13H2,1H3/t10-/m0/s1. The Labute approximate surface area is 94.2 Å². The van der Waals surface area contributed by atoms with Crippen molar-refractivity contribution >= 4 is 17.6 Å². The number of esters is 1. The molecule has 0 aliphatic carbocycles. The minimum absolute atomic E-state index is 0.349. The summed E-state index contributed by atoms with van der Waals surface area (Å²) in [5.74, 6) is -0.377. The second kappa shape index (κ2) is 5.73. The van der Waals surface area contributed by atoms with E-state index in [9.17, 15) is 4.79 Å². The highest BCUT2D eigenvalue weighted by atomic mass is 35.5. The number of carbonyl (C=O) groups is 1. The van der Waals surface area contributed by atoms with Gasteiger partial charge in [0.1, 0.15) is 6.04 Å². The summed E-state index contributed by atoms with van der Waals surface area (Å²) in [6.45, 7) is 2.10. The third kappa shape index (κ3) is 3.90. The van der Waals surface area contributed by atoms with E-state index in [0.29, 0.717) is 18.1 Å². The lowest BCUT2D eigenvalue weighted by atomic mass is 10.1. The fraction of sp³-hybridized carbons (Fsp3) is 0.364. The molecule has 0 bridgehead atoms. The van der Waals surface area contributed by atoms with Crippen LogP contribution in [0.15, 0.2) is 24.3 Å². The topological polar surface area (TPSA) is 52.3 Å². The Morgan fingerprint density at radius 2 is 2.33 bits per heavy atom. The van der Waals surface area contributed by atoms with Gasteiger partial charge in [-0.2, -0.15) is 0 Å². The molecule has 0 amide bonds. The number of rotatable bonds is 4. The molecule has 1 rings (SSSR count). The molecule has 0 fully saturated rings. The van der Waals surface area contributed by atoms with Crippen molar-refractivity contribution in [3.05, 3.63) is 34.9 Å². The van der Waals surface area contributed by atoms with Crippen LogP contribution in [0.5, 0.6) is 0 Å². The number of ether oxygens (including phenoxy) is 1.